The molecule has 7 heteroatoms. The number of hydrogen-bond donors (Lipinski definition) is 2. The van der Waals surface area contributed by atoms with Gasteiger partial charge in [-0.15, -0.1) is 0 Å². The predicted molar refractivity (Wildman–Crippen MR) is 133 cm³/mol. The van der Waals surface area contributed by atoms with Crippen LogP contribution in [0.15, 0.2) is 78.0 Å². The van der Waals surface area contributed by atoms with Gasteiger partial charge in [-0.3, -0.25) is 14.8 Å². The molecule has 1 amide bonds. The highest BCUT2D eigenvalue weighted by Gasteiger charge is 2.54. The molecule has 2 N–H and O–H groups in total. The van der Waals surface area contributed by atoms with E-state index < -0.39 is 11.6 Å². The summed E-state index contributed by atoms with van der Waals surface area (Å²) in [7, 11) is 0. The van der Waals surface area contributed by atoms with Gasteiger partial charge >= 0.3 is 0 Å². The zero-order valence-electron chi connectivity index (χ0n) is 18.8. The Balaban J connectivity index is 1.53. The summed E-state index contributed by atoms with van der Waals surface area (Å²) in [4.78, 5) is 25.0. The minimum atomic E-state index is -1.24. The van der Waals surface area contributed by atoms with E-state index in [2.05, 4.69) is 15.2 Å². The van der Waals surface area contributed by atoms with Crippen molar-refractivity contribution in [2.75, 3.05) is 13.1 Å². The maximum Gasteiger partial charge on any atom is 0.255 e. The van der Waals surface area contributed by atoms with E-state index in [1.165, 1.54) is 18.9 Å². The van der Waals surface area contributed by atoms with Crippen LogP contribution in [0.25, 0.3) is 0 Å². The minimum Gasteiger partial charge on any atom is -0.508 e. The highest BCUT2D eigenvalue weighted by atomic mass is 35.5. The number of phenolic OH excluding ortho intramolecular Hbond substituents is 1. The van der Waals surface area contributed by atoms with Crippen molar-refractivity contribution in [3.05, 3.63) is 94.8 Å². The SMILES string of the molecule is O=C(NCCc1ccncc1)[C@]1(c2ccccc2)N=CN(CC2CC2)[C@H]1c1ccc(Cl)cc1O. The Hall–Kier alpha value is -3.38. The van der Waals surface area contributed by atoms with Crippen molar-refractivity contribution in [1.82, 2.24) is 15.2 Å². The number of aliphatic imine (C=N–C) groups is 1. The number of aromatic nitrogens is 1. The number of hydrogen-bond acceptors (Lipinski definition) is 5. The van der Waals surface area contributed by atoms with Crippen molar-refractivity contribution in [1.29, 1.82) is 0 Å². The van der Waals surface area contributed by atoms with Gasteiger partial charge in [0.25, 0.3) is 5.91 Å². The predicted octanol–water partition coefficient (Wildman–Crippen LogP) is 4.49. The zero-order chi connectivity index (χ0) is 23.5. The molecule has 174 valence electrons. The molecule has 2 aromatic carbocycles. The molecule has 6 nitrogen and oxygen atoms in total. The molecule has 1 fully saturated rings. The van der Waals surface area contributed by atoms with Crippen LogP contribution >= 0.6 is 11.6 Å². The molecule has 0 spiro atoms. The topological polar surface area (TPSA) is 77.8 Å². The number of phenols is 1. The van der Waals surface area contributed by atoms with E-state index >= 15 is 0 Å². The number of pyridine rings is 1. The lowest BCUT2D eigenvalue weighted by Gasteiger charge is -2.37. The molecule has 0 bridgehead atoms. The fourth-order valence-electron chi connectivity index (χ4n) is 4.69. The lowest BCUT2D eigenvalue weighted by atomic mass is 9.78. The van der Waals surface area contributed by atoms with Crippen LogP contribution in [0.3, 0.4) is 0 Å². The molecule has 2 atom stereocenters. The van der Waals surface area contributed by atoms with Gasteiger partial charge in [-0.25, -0.2) is 0 Å². The van der Waals surface area contributed by atoms with Gasteiger partial charge in [0.1, 0.15) is 5.75 Å². The van der Waals surface area contributed by atoms with Crippen molar-refractivity contribution in [3.8, 4) is 5.75 Å². The third-order valence-electron chi connectivity index (χ3n) is 6.60. The van der Waals surface area contributed by atoms with Gasteiger partial charge in [0.05, 0.1) is 12.4 Å². The Morgan fingerprint density at radius 3 is 2.59 bits per heavy atom. The molecule has 0 unspecified atom stereocenters. The molecule has 2 heterocycles. The van der Waals surface area contributed by atoms with E-state index in [-0.39, 0.29) is 11.7 Å². The Kier molecular flexibility index (Phi) is 6.24. The van der Waals surface area contributed by atoms with Gasteiger partial charge < -0.3 is 15.3 Å². The van der Waals surface area contributed by atoms with Crippen LogP contribution in [0.5, 0.6) is 5.75 Å². The van der Waals surface area contributed by atoms with Crippen LogP contribution in [-0.2, 0) is 16.8 Å². The maximum absolute atomic E-state index is 14.0. The molecule has 3 aromatic rings. The number of nitrogens with zero attached hydrogens (tertiary/aromatic N) is 3. The van der Waals surface area contributed by atoms with E-state index in [1.807, 2.05) is 42.5 Å². The second kappa shape index (κ2) is 9.47. The van der Waals surface area contributed by atoms with E-state index in [9.17, 15) is 9.90 Å². The average Bonchev–Trinajstić information content (AvgIpc) is 3.59. The van der Waals surface area contributed by atoms with Crippen molar-refractivity contribution in [3.63, 3.8) is 0 Å². The molecule has 2 aliphatic rings. The van der Waals surface area contributed by atoms with E-state index in [1.54, 1.807) is 30.9 Å². The monoisotopic (exact) mass is 474 g/mol. The summed E-state index contributed by atoms with van der Waals surface area (Å²) in [5.74, 6) is 0.444. The summed E-state index contributed by atoms with van der Waals surface area (Å²) in [6.07, 6.45) is 8.30. The minimum absolute atomic E-state index is 0.0636. The number of carbonyl (C=O) groups excluding carboxylic acids is 1. The molecule has 1 aliphatic carbocycles. The molecule has 5 rings (SSSR count). The molecule has 0 radical (unpaired) electrons. The molecule has 1 aliphatic heterocycles. The van der Waals surface area contributed by atoms with Crippen molar-refractivity contribution in [2.24, 2.45) is 10.9 Å². The molecular formula is C27H27ClN4O2. The van der Waals surface area contributed by atoms with Gasteiger partial charge in [-0.05, 0) is 60.6 Å². The maximum atomic E-state index is 14.0. The second-order valence-electron chi connectivity index (χ2n) is 8.98. The van der Waals surface area contributed by atoms with Gasteiger partial charge in [0, 0.05) is 36.1 Å². The first kappa shape index (κ1) is 22.4. The summed E-state index contributed by atoms with van der Waals surface area (Å²) < 4.78 is 0. The third kappa shape index (κ3) is 4.38. The molecular weight excluding hydrogens is 448 g/mol. The van der Waals surface area contributed by atoms with Crippen molar-refractivity contribution >= 4 is 23.8 Å². The van der Waals surface area contributed by atoms with Crippen LogP contribution < -0.4 is 5.32 Å². The van der Waals surface area contributed by atoms with Gasteiger partial charge in [-0.2, -0.15) is 0 Å². The Morgan fingerprint density at radius 2 is 1.88 bits per heavy atom. The van der Waals surface area contributed by atoms with E-state index in [0.717, 1.165) is 17.7 Å². The quantitative estimate of drug-likeness (QED) is 0.504. The number of aromatic hydroxyl groups is 1. The fourth-order valence-corrected chi connectivity index (χ4v) is 4.85. The Morgan fingerprint density at radius 1 is 1.12 bits per heavy atom. The normalized spacial score (nSPS) is 21.6. The van der Waals surface area contributed by atoms with Crippen LogP contribution in [0.1, 0.15) is 35.6 Å². The zero-order valence-corrected chi connectivity index (χ0v) is 19.5. The highest BCUT2D eigenvalue weighted by molar-refractivity contribution is 6.30. The number of benzene rings is 2. The first-order chi connectivity index (χ1) is 16.6. The fraction of sp³-hybridized carbons (Fsp3) is 0.296. The first-order valence-corrected chi connectivity index (χ1v) is 12.0. The number of amides is 1. The second-order valence-corrected chi connectivity index (χ2v) is 9.42. The number of halogens is 1. The molecule has 1 saturated carbocycles. The standard InChI is InChI=1S/C27H27ClN4O2/c28-22-8-9-23(24(33)16-22)25-27(21-4-2-1-3-5-21,31-18-32(25)17-20-6-7-20)26(34)30-15-12-19-10-13-29-14-11-19/h1-5,8-11,13-14,16,18,20,25,33H,6-7,12,15,17H2,(H,30,34)/t25-,27+/m0/s1. The number of carbonyl (C=O) groups is 1. The third-order valence-corrected chi connectivity index (χ3v) is 6.83. The Labute approximate surface area is 204 Å². The van der Waals surface area contributed by atoms with Gasteiger partial charge in [-0.1, -0.05) is 48.0 Å². The van der Waals surface area contributed by atoms with Crippen LogP contribution in [0.4, 0.5) is 0 Å². The van der Waals surface area contributed by atoms with Crippen molar-refractivity contribution < 1.29 is 9.90 Å². The van der Waals surface area contributed by atoms with Gasteiger partial charge in [0.15, 0.2) is 5.54 Å². The molecule has 1 aromatic heterocycles. The summed E-state index contributed by atoms with van der Waals surface area (Å²) >= 11 is 6.14. The molecule has 34 heavy (non-hydrogen) atoms. The van der Waals surface area contributed by atoms with Crippen molar-refractivity contribution in [2.45, 2.75) is 30.8 Å². The number of nitrogens with one attached hydrogen (secondary N) is 1. The average molecular weight is 475 g/mol. The summed E-state index contributed by atoms with van der Waals surface area (Å²) in [5.41, 5.74) is 1.28. The van der Waals surface area contributed by atoms with E-state index in [0.29, 0.717) is 29.5 Å². The summed E-state index contributed by atoms with van der Waals surface area (Å²) in [6, 6.07) is 18.1. The summed E-state index contributed by atoms with van der Waals surface area (Å²) in [6.45, 7) is 1.25. The molecule has 0 saturated heterocycles. The smallest absolute Gasteiger partial charge is 0.255 e. The Bertz CT molecular complexity index is 1180. The largest absolute Gasteiger partial charge is 0.508 e. The lowest BCUT2D eigenvalue weighted by molar-refractivity contribution is -0.128. The van der Waals surface area contributed by atoms with Gasteiger partial charge in [0.2, 0.25) is 0 Å². The van der Waals surface area contributed by atoms with Crippen LogP contribution in [0.2, 0.25) is 5.02 Å². The number of rotatable bonds is 8. The lowest BCUT2D eigenvalue weighted by Crippen LogP contribution is -2.49. The van der Waals surface area contributed by atoms with Crippen LogP contribution in [0, 0.1) is 5.92 Å². The first-order valence-electron chi connectivity index (χ1n) is 11.6. The summed E-state index contributed by atoms with van der Waals surface area (Å²) in [5, 5.41) is 14.5. The van der Waals surface area contributed by atoms with E-state index in [4.69, 9.17) is 16.6 Å². The highest BCUT2D eigenvalue weighted by Crippen LogP contribution is 2.50. The van der Waals surface area contributed by atoms with Crippen LogP contribution in [-0.4, -0.2) is 40.3 Å².